The van der Waals surface area contributed by atoms with Crippen LogP contribution in [0, 0.1) is 0 Å². The number of hydrogen-bond donors (Lipinski definition) is 5. The van der Waals surface area contributed by atoms with Crippen molar-refractivity contribution in [2.75, 3.05) is 78.8 Å². The molecule has 0 radical (unpaired) electrons. The normalized spacial score (nSPS) is 16.5. The van der Waals surface area contributed by atoms with Gasteiger partial charge in [0.1, 0.15) is 23.7 Å². The first-order valence-electron chi connectivity index (χ1n) is 29.4. The molecule has 2 aliphatic heterocycles. The van der Waals surface area contributed by atoms with E-state index in [1.807, 2.05) is 6.07 Å². The number of nitrogens with zero attached hydrogens (tertiary/aromatic N) is 6. The van der Waals surface area contributed by atoms with Crippen LogP contribution >= 0.6 is 0 Å². The van der Waals surface area contributed by atoms with Gasteiger partial charge in [-0.15, -0.1) is 0 Å². The summed E-state index contributed by atoms with van der Waals surface area (Å²) >= 11 is 0. The quantitative estimate of drug-likeness (QED) is 0.0417. The monoisotopic (exact) mass is 1230 g/mol. The highest BCUT2D eigenvalue weighted by atomic mass is 19.4. The Bertz CT molecular complexity index is 2690. The number of nitrogens with two attached hydrogens (primary N) is 1. The summed E-state index contributed by atoms with van der Waals surface area (Å²) in [6.45, 7) is 8.45. The molecule has 0 spiro atoms. The topological polar surface area (TPSA) is 239 Å². The molecule has 9 amide bonds. The number of hydrogen-bond acceptors (Lipinski definition) is 11. The van der Waals surface area contributed by atoms with Gasteiger partial charge in [0.05, 0.1) is 6.04 Å². The third kappa shape index (κ3) is 24.0. The van der Waals surface area contributed by atoms with Gasteiger partial charge in [-0.2, -0.15) is 26.3 Å². The van der Waals surface area contributed by atoms with E-state index in [0.29, 0.717) is 50.8 Å². The van der Waals surface area contributed by atoms with Crippen molar-refractivity contribution in [3.05, 3.63) is 102 Å². The van der Waals surface area contributed by atoms with Crippen LogP contribution in [0.25, 0.3) is 0 Å². The lowest BCUT2D eigenvalue weighted by Crippen LogP contribution is -2.56. The Kier molecular flexibility index (Phi) is 28.3. The van der Waals surface area contributed by atoms with Crippen molar-refractivity contribution < 1.29 is 69.4 Å². The molecule has 0 unspecified atom stereocenters. The Hall–Kier alpha value is -7.48. The molecule has 87 heavy (non-hydrogen) atoms. The smallest absolute Gasteiger partial charge is 0.444 e. The van der Waals surface area contributed by atoms with Gasteiger partial charge in [-0.05, 0) is 143 Å². The molecule has 6 N–H and O–H groups in total. The Morgan fingerprint density at radius 3 is 1.44 bits per heavy atom. The average molecular weight is 1230 g/mol. The zero-order valence-electron chi connectivity index (χ0n) is 51.1. The van der Waals surface area contributed by atoms with E-state index in [0.717, 1.165) is 25.8 Å². The molecule has 26 heteroatoms. The molecule has 0 aliphatic carbocycles. The van der Waals surface area contributed by atoms with Gasteiger partial charge in [0.15, 0.2) is 0 Å². The molecule has 2 heterocycles. The fourth-order valence-electron chi connectivity index (χ4n) is 9.80. The highest BCUT2D eigenvalue weighted by molar-refractivity contribution is 5.92. The molecule has 2 aliphatic rings. The van der Waals surface area contributed by atoms with E-state index in [1.165, 1.54) is 23.8 Å². The van der Waals surface area contributed by atoms with Crippen molar-refractivity contribution in [3.63, 3.8) is 0 Å². The molecule has 6 atom stereocenters. The molecule has 0 bridgehead atoms. The van der Waals surface area contributed by atoms with Gasteiger partial charge < -0.3 is 51.3 Å². The number of alkyl halides is 6. The van der Waals surface area contributed by atoms with Crippen LogP contribution in [-0.2, 0) is 46.3 Å². The lowest BCUT2D eigenvalue weighted by Gasteiger charge is -2.34. The van der Waals surface area contributed by atoms with E-state index in [4.69, 9.17) is 10.5 Å². The fourth-order valence-corrected chi connectivity index (χ4v) is 9.80. The highest BCUT2D eigenvalue weighted by Crippen LogP contribution is 2.27. The van der Waals surface area contributed by atoms with Gasteiger partial charge in [0.25, 0.3) is 0 Å². The van der Waals surface area contributed by atoms with E-state index in [-0.39, 0.29) is 77.4 Å². The second-order valence-electron chi connectivity index (χ2n) is 23.0. The number of likely N-dealkylation sites (tertiary alicyclic amines) is 2. The van der Waals surface area contributed by atoms with E-state index < -0.39 is 95.9 Å². The number of ether oxygens (including phenoxy) is 1. The van der Waals surface area contributed by atoms with Crippen molar-refractivity contribution in [1.29, 1.82) is 0 Å². The molecular weight excluding hydrogens is 1140 g/mol. The standard InChI is InChI=1S/C32H43F3N6O4.C29H44F3N5O5/c1-23(39(2)3)28(42)38-27(17-10-19-36-31(45)37-25-14-8-5-9-15-25)29(43)41-20-11-16-26(41)22-40(30(44)32(33,34)35)21-18-24-12-6-4-7-13-24;1-20(35(5)27(41)42-28(2,3)4)24(38)34-23(14-9-16-33)25(39)37-17-10-13-22(37)19-36(26(40)29(30,31)32)18-15-21-11-7-6-8-12-21/h4-9,12-15,23,26-27H,10-11,16-22H2,1-3H3,(H,38,42)(H2,36,37,45);6-8,11-12,20,22-23H,9-10,13-19,33H2,1-5H3,(H,34,38)/t23-,26-,27-;20-,22-,23-/m00/s1. The van der Waals surface area contributed by atoms with Crippen LogP contribution in [-0.4, -0.2) is 205 Å². The number of para-hydroxylation sites is 1. The minimum atomic E-state index is -5.06. The maximum atomic E-state index is 13.9. The van der Waals surface area contributed by atoms with E-state index in [1.54, 1.807) is 132 Å². The van der Waals surface area contributed by atoms with Crippen LogP contribution in [0.1, 0.15) is 97.1 Å². The Morgan fingerprint density at radius 1 is 0.621 bits per heavy atom. The molecule has 20 nitrogen and oxygen atoms in total. The van der Waals surface area contributed by atoms with Crippen LogP contribution in [0.2, 0.25) is 0 Å². The average Bonchev–Trinajstić information content (AvgIpc) is 3.80. The minimum Gasteiger partial charge on any atom is -0.444 e. The van der Waals surface area contributed by atoms with E-state index in [2.05, 4.69) is 21.3 Å². The maximum Gasteiger partial charge on any atom is 0.471 e. The zero-order valence-corrected chi connectivity index (χ0v) is 51.1. The van der Waals surface area contributed by atoms with Crippen LogP contribution < -0.4 is 27.0 Å². The summed E-state index contributed by atoms with van der Waals surface area (Å²) in [4.78, 5) is 110. The molecule has 5 rings (SSSR count). The maximum absolute atomic E-state index is 13.9. The lowest BCUT2D eigenvalue weighted by molar-refractivity contribution is -0.186. The minimum absolute atomic E-state index is 0.155. The SMILES string of the molecule is C[C@@H](C(=O)N[C@@H](CCCN)C(=O)N1CCC[C@H]1CN(CCc1ccccc1)C(=O)C(F)(F)F)N(C)C(=O)OC(C)(C)C.C[C@@H](C(=O)N[C@@H](CCCNC(=O)Nc1ccccc1)C(=O)N1CCC[C@H]1CN(CCc1ccccc1)C(=O)C(F)(F)F)N(C)C. The first-order valence-corrected chi connectivity index (χ1v) is 29.4. The number of halogens is 6. The molecule has 3 aromatic carbocycles. The third-order valence-corrected chi connectivity index (χ3v) is 15.0. The van der Waals surface area contributed by atoms with Crippen LogP contribution in [0.3, 0.4) is 0 Å². The molecule has 0 aromatic heterocycles. The number of likely N-dealkylation sites (N-methyl/N-ethyl adjacent to an activating group) is 2. The zero-order chi connectivity index (χ0) is 64.6. The molecule has 2 saturated heterocycles. The second-order valence-corrected chi connectivity index (χ2v) is 23.0. The molecule has 482 valence electrons. The number of anilines is 1. The van der Waals surface area contributed by atoms with Gasteiger partial charge in [0.2, 0.25) is 23.6 Å². The van der Waals surface area contributed by atoms with Crippen molar-refractivity contribution in [2.24, 2.45) is 5.73 Å². The largest absolute Gasteiger partial charge is 0.471 e. The van der Waals surface area contributed by atoms with Crippen LogP contribution in [0.4, 0.5) is 41.6 Å². The number of benzene rings is 3. The third-order valence-electron chi connectivity index (χ3n) is 15.0. The summed E-state index contributed by atoms with van der Waals surface area (Å²) in [6.07, 6.45) is -7.28. The molecule has 3 aromatic rings. The summed E-state index contributed by atoms with van der Waals surface area (Å²) in [6, 6.07) is 21.5. The summed E-state index contributed by atoms with van der Waals surface area (Å²) in [5.41, 5.74) is 7.09. The number of rotatable bonds is 26. The van der Waals surface area contributed by atoms with Crippen molar-refractivity contribution in [2.45, 2.75) is 153 Å². The van der Waals surface area contributed by atoms with Crippen molar-refractivity contribution >= 4 is 53.3 Å². The van der Waals surface area contributed by atoms with Gasteiger partial charge in [-0.1, -0.05) is 78.9 Å². The number of amides is 9. The van der Waals surface area contributed by atoms with E-state index in [9.17, 15) is 64.7 Å². The first-order chi connectivity index (χ1) is 40.9. The van der Waals surface area contributed by atoms with Crippen LogP contribution in [0.15, 0.2) is 91.0 Å². The summed E-state index contributed by atoms with van der Waals surface area (Å²) in [7, 11) is 4.87. The van der Waals surface area contributed by atoms with Crippen molar-refractivity contribution in [3.8, 4) is 0 Å². The Balaban J connectivity index is 0.000000373. The lowest BCUT2D eigenvalue weighted by atomic mass is 10.1. The Morgan fingerprint density at radius 2 is 1.03 bits per heavy atom. The predicted molar refractivity (Wildman–Crippen MR) is 316 cm³/mol. The Labute approximate surface area is 506 Å². The highest BCUT2D eigenvalue weighted by Gasteiger charge is 2.46. The number of nitrogens with one attached hydrogen (secondary N) is 4. The van der Waals surface area contributed by atoms with Gasteiger partial charge in [0, 0.05) is 70.6 Å². The molecule has 2 fully saturated rings. The number of carbonyl (C=O) groups excluding carboxylic acids is 8. The number of urea groups is 1. The number of carbonyl (C=O) groups is 8. The second kappa shape index (κ2) is 34.2. The molecule has 0 saturated carbocycles. The first kappa shape index (κ1) is 72.0. The van der Waals surface area contributed by atoms with Crippen LogP contribution in [0.5, 0.6) is 0 Å². The summed E-state index contributed by atoms with van der Waals surface area (Å²) in [5, 5.41) is 10.9. The predicted octanol–water partition coefficient (Wildman–Crippen LogP) is 6.74. The van der Waals surface area contributed by atoms with Crippen molar-refractivity contribution in [1.82, 2.24) is 45.3 Å². The summed E-state index contributed by atoms with van der Waals surface area (Å²) in [5.74, 6) is -5.75. The molecular formula is C61H87F6N11O9. The van der Waals surface area contributed by atoms with Gasteiger partial charge >= 0.3 is 36.3 Å². The van der Waals surface area contributed by atoms with Gasteiger partial charge in [-0.25, -0.2) is 9.59 Å². The fraction of sp³-hybridized carbons (Fsp3) is 0.574. The van der Waals surface area contributed by atoms with Gasteiger partial charge in [-0.3, -0.25) is 38.6 Å². The summed E-state index contributed by atoms with van der Waals surface area (Å²) < 4.78 is 86.5. The van der Waals surface area contributed by atoms with E-state index >= 15 is 0 Å².